The smallest absolute Gasteiger partial charge is 0.122 e. The second-order valence-electron chi connectivity index (χ2n) is 4.70. The van der Waals surface area contributed by atoms with Crippen LogP contribution in [0.4, 0.5) is 0 Å². The molecule has 0 bridgehead atoms. The van der Waals surface area contributed by atoms with Crippen LogP contribution in [0.1, 0.15) is 12.1 Å². The first-order valence-corrected chi connectivity index (χ1v) is 6.63. The molecular weight excluding hydrogens is 244 g/mol. The van der Waals surface area contributed by atoms with Gasteiger partial charge in [-0.25, -0.2) is 0 Å². The zero-order chi connectivity index (χ0) is 13.5. The Morgan fingerprint density at radius 2 is 2.37 bits per heavy atom. The van der Waals surface area contributed by atoms with E-state index in [1.165, 1.54) is 0 Å². The summed E-state index contributed by atoms with van der Waals surface area (Å²) < 4.78 is 16.0. The van der Waals surface area contributed by atoms with Crippen LogP contribution in [-0.4, -0.2) is 56.5 Å². The lowest BCUT2D eigenvalue weighted by Crippen LogP contribution is -2.42. The lowest BCUT2D eigenvalue weighted by atomic mass is 10.2. The van der Waals surface area contributed by atoms with E-state index in [4.69, 9.17) is 14.2 Å². The van der Waals surface area contributed by atoms with Gasteiger partial charge in [0.2, 0.25) is 0 Å². The van der Waals surface area contributed by atoms with Crippen molar-refractivity contribution in [2.45, 2.75) is 19.1 Å². The highest BCUT2D eigenvalue weighted by Gasteiger charge is 2.20. The van der Waals surface area contributed by atoms with Crippen molar-refractivity contribution in [2.24, 2.45) is 0 Å². The third-order valence-electron chi connectivity index (χ3n) is 3.28. The molecule has 2 rings (SSSR count). The van der Waals surface area contributed by atoms with E-state index < -0.39 is 0 Å². The highest BCUT2D eigenvalue weighted by Crippen LogP contribution is 2.15. The molecule has 5 heteroatoms. The van der Waals surface area contributed by atoms with Crippen LogP contribution in [0.2, 0.25) is 0 Å². The van der Waals surface area contributed by atoms with Crippen molar-refractivity contribution in [3.8, 4) is 5.75 Å². The lowest BCUT2D eigenvalue weighted by molar-refractivity contribution is -0.0435. The summed E-state index contributed by atoms with van der Waals surface area (Å²) in [6.45, 7) is 4.24. The molecule has 0 saturated carbocycles. The first kappa shape index (κ1) is 14.2. The number of aromatic nitrogens is 1. The highest BCUT2D eigenvalue weighted by molar-refractivity contribution is 5.22. The summed E-state index contributed by atoms with van der Waals surface area (Å²) in [7, 11) is 3.40. The summed E-state index contributed by atoms with van der Waals surface area (Å²) in [5.74, 6) is 0.856. The normalized spacial score (nSPS) is 20.4. The molecule has 0 N–H and O–H groups in total. The van der Waals surface area contributed by atoms with Crippen LogP contribution in [0.5, 0.6) is 5.75 Å². The van der Waals surface area contributed by atoms with Crippen LogP contribution in [-0.2, 0) is 16.0 Å². The number of ether oxygens (including phenoxy) is 3. The van der Waals surface area contributed by atoms with Gasteiger partial charge in [-0.15, -0.1) is 0 Å². The molecule has 1 aromatic heterocycles. The molecule has 1 saturated heterocycles. The van der Waals surface area contributed by atoms with Gasteiger partial charge in [0.05, 0.1) is 25.5 Å². The number of nitrogens with zero attached hydrogens (tertiary/aromatic N) is 2. The number of hydrogen-bond donors (Lipinski definition) is 0. The number of morpholine rings is 1. The molecule has 1 aliphatic rings. The maximum absolute atomic E-state index is 5.73. The predicted octanol–water partition coefficient (Wildman–Crippen LogP) is 1.33. The fourth-order valence-corrected chi connectivity index (χ4v) is 2.25. The topological polar surface area (TPSA) is 43.8 Å². The van der Waals surface area contributed by atoms with Crippen molar-refractivity contribution < 1.29 is 14.2 Å². The van der Waals surface area contributed by atoms with E-state index in [0.29, 0.717) is 0 Å². The van der Waals surface area contributed by atoms with Crippen molar-refractivity contribution >= 4 is 0 Å². The van der Waals surface area contributed by atoms with E-state index in [0.717, 1.165) is 50.7 Å². The molecule has 106 valence electrons. The molecule has 1 aliphatic heterocycles. The van der Waals surface area contributed by atoms with Crippen molar-refractivity contribution in [1.82, 2.24) is 9.88 Å². The van der Waals surface area contributed by atoms with Gasteiger partial charge in [0, 0.05) is 45.6 Å². The molecule has 1 fully saturated rings. The van der Waals surface area contributed by atoms with Crippen molar-refractivity contribution in [3.63, 3.8) is 0 Å². The number of hydrogen-bond acceptors (Lipinski definition) is 5. The van der Waals surface area contributed by atoms with E-state index in [9.17, 15) is 0 Å². The van der Waals surface area contributed by atoms with Gasteiger partial charge in [0.15, 0.2) is 0 Å². The average Bonchev–Trinajstić information content (AvgIpc) is 2.46. The Hall–Kier alpha value is -1.17. The van der Waals surface area contributed by atoms with Crippen LogP contribution in [0, 0.1) is 0 Å². The second-order valence-corrected chi connectivity index (χ2v) is 4.70. The molecule has 0 radical (unpaired) electrons. The van der Waals surface area contributed by atoms with E-state index >= 15 is 0 Å². The number of pyridine rings is 1. The van der Waals surface area contributed by atoms with Crippen LogP contribution in [0.3, 0.4) is 0 Å². The zero-order valence-electron chi connectivity index (χ0n) is 11.7. The number of methoxy groups -OCH3 is 2. The van der Waals surface area contributed by atoms with Gasteiger partial charge in [-0.3, -0.25) is 9.88 Å². The zero-order valence-corrected chi connectivity index (χ0v) is 11.7. The van der Waals surface area contributed by atoms with Gasteiger partial charge in [-0.2, -0.15) is 0 Å². The molecule has 5 nitrogen and oxygen atoms in total. The fourth-order valence-electron chi connectivity index (χ4n) is 2.25. The Morgan fingerprint density at radius 1 is 1.47 bits per heavy atom. The second kappa shape index (κ2) is 7.43. The molecular formula is C14H22N2O3. The Bertz CT molecular complexity index is 387. The quantitative estimate of drug-likeness (QED) is 0.777. The molecule has 19 heavy (non-hydrogen) atoms. The van der Waals surface area contributed by atoms with E-state index in [1.807, 2.05) is 12.1 Å². The standard InChI is InChI=1S/C14H22N2O3/c1-17-7-4-14-11-16(6-8-19-14)10-12-9-13(18-2)3-5-15-12/h3,5,9,14H,4,6-8,10-11H2,1-2H3. The Kier molecular flexibility index (Phi) is 5.57. The summed E-state index contributed by atoms with van der Waals surface area (Å²) in [6.07, 6.45) is 2.99. The Balaban J connectivity index is 1.87. The third-order valence-corrected chi connectivity index (χ3v) is 3.28. The van der Waals surface area contributed by atoms with Crippen LogP contribution in [0.25, 0.3) is 0 Å². The molecule has 1 unspecified atom stereocenters. The van der Waals surface area contributed by atoms with Crippen LogP contribution >= 0.6 is 0 Å². The summed E-state index contributed by atoms with van der Waals surface area (Å²) in [5, 5.41) is 0. The molecule has 0 spiro atoms. The van der Waals surface area contributed by atoms with Crippen molar-refractivity contribution in [2.75, 3.05) is 40.5 Å². The maximum atomic E-state index is 5.73. The Labute approximate surface area is 114 Å². The van der Waals surface area contributed by atoms with Crippen molar-refractivity contribution in [3.05, 3.63) is 24.0 Å². The maximum Gasteiger partial charge on any atom is 0.122 e. The van der Waals surface area contributed by atoms with Gasteiger partial charge >= 0.3 is 0 Å². The van der Waals surface area contributed by atoms with E-state index in [1.54, 1.807) is 20.4 Å². The average molecular weight is 266 g/mol. The van der Waals surface area contributed by atoms with Crippen LogP contribution < -0.4 is 4.74 Å². The third kappa shape index (κ3) is 4.45. The van der Waals surface area contributed by atoms with E-state index in [2.05, 4.69) is 9.88 Å². The molecule has 2 heterocycles. The minimum atomic E-state index is 0.263. The van der Waals surface area contributed by atoms with E-state index in [-0.39, 0.29) is 6.10 Å². The van der Waals surface area contributed by atoms with Gasteiger partial charge in [0.25, 0.3) is 0 Å². The molecule has 0 amide bonds. The monoisotopic (exact) mass is 266 g/mol. The fraction of sp³-hybridized carbons (Fsp3) is 0.643. The highest BCUT2D eigenvalue weighted by atomic mass is 16.5. The molecule has 1 atom stereocenters. The first-order chi connectivity index (χ1) is 9.31. The van der Waals surface area contributed by atoms with Gasteiger partial charge in [-0.1, -0.05) is 0 Å². The minimum Gasteiger partial charge on any atom is -0.497 e. The molecule has 1 aromatic rings. The summed E-state index contributed by atoms with van der Waals surface area (Å²) in [5.41, 5.74) is 1.03. The number of rotatable bonds is 6. The summed E-state index contributed by atoms with van der Waals surface area (Å²) in [6, 6.07) is 3.85. The minimum absolute atomic E-state index is 0.263. The van der Waals surface area contributed by atoms with Gasteiger partial charge in [-0.05, 0) is 12.5 Å². The molecule has 0 aliphatic carbocycles. The van der Waals surface area contributed by atoms with Crippen molar-refractivity contribution in [1.29, 1.82) is 0 Å². The largest absolute Gasteiger partial charge is 0.497 e. The lowest BCUT2D eigenvalue weighted by Gasteiger charge is -2.32. The SMILES string of the molecule is COCCC1CN(Cc2cc(OC)ccn2)CCO1. The summed E-state index contributed by atoms with van der Waals surface area (Å²) in [4.78, 5) is 6.75. The van der Waals surface area contributed by atoms with Crippen LogP contribution in [0.15, 0.2) is 18.3 Å². The predicted molar refractivity (Wildman–Crippen MR) is 72.3 cm³/mol. The first-order valence-electron chi connectivity index (χ1n) is 6.63. The summed E-state index contributed by atoms with van der Waals surface area (Å²) >= 11 is 0. The van der Waals surface area contributed by atoms with Gasteiger partial charge < -0.3 is 14.2 Å². The Morgan fingerprint density at radius 3 is 3.16 bits per heavy atom. The van der Waals surface area contributed by atoms with Gasteiger partial charge in [0.1, 0.15) is 5.75 Å². The molecule has 0 aromatic carbocycles.